The van der Waals surface area contributed by atoms with Gasteiger partial charge in [-0.25, -0.2) is 4.79 Å². The van der Waals surface area contributed by atoms with E-state index in [1.54, 1.807) is 36.5 Å². The highest BCUT2D eigenvalue weighted by Crippen LogP contribution is 2.34. The molecule has 62 heavy (non-hydrogen) atoms. The lowest BCUT2D eigenvalue weighted by molar-refractivity contribution is -0.138. The molecule has 1 N–H and O–H groups in total. The Labute approximate surface area is 350 Å². The number of methoxy groups -OCH3 is 1. The minimum Gasteiger partial charge on any atom is -0.464 e. The van der Waals surface area contributed by atoms with Crippen molar-refractivity contribution in [3.05, 3.63) is 137 Å². The van der Waals surface area contributed by atoms with Gasteiger partial charge in [0, 0.05) is 58.6 Å². The summed E-state index contributed by atoms with van der Waals surface area (Å²) in [6.07, 6.45) is -7.56. The van der Waals surface area contributed by atoms with Gasteiger partial charge in [-0.3, -0.25) is 19.4 Å². The number of nitrogens with one attached hydrogen (secondary N) is 1. The SMILES string of the molecule is COC(=O)c1ccc(N2CCN(C(=O)c3ccccc3C(F)(F)F)CC2)nn1.O=C(NCc1ccccn1)c1ccc(N2CCN(C(=O)c3ccccc3C(F)(F)F)CC2)nn1. The van der Waals surface area contributed by atoms with Gasteiger partial charge in [0.05, 0.1) is 41.6 Å². The van der Waals surface area contributed by atoms with E-state index >= 15 is 0 Å². The number of aromatic nitrogens is 5. The Balaban J connectivity index is 0.000000211. The van der Waals surface area contributed by atoms with Gasteiger partial charge in [0.15, 0.2) is 23.0 Å². The van der Waals surface area contributed by atoms with E-state index < -0.39 is 41.3 Å². The maximum atomic E-state index is 13.3. The van der Waals surface area contributed by atoms with Crippen molar-refractivity contribution in [1.82, 2.24) is 40.5 Å². The monoisotopic (exact) mass is 864 g/mol. The fraction of sp³-hybridized carbons (Fsp3) is 0.293. The largest absolute Gasteiger partial charge is 0.464 e. The molecule has 324 valence electrons. The van der Waals surface area contributed by atoms with Gasteiger partial charge < -0.3 is 29.7 Å². The average Bonchev–Trinajstić information content (AvgIpc) is 3.30. The second kappa shape index (κ2) is 19.5. The molecule has 0 atom stereocenters. The standard InChI is InChI=1S/C23H21F3N6O2.C18H17F3N4O3/c24-23(25,26)18-7-2-1-6-17(18)22(34)32-13-11-31(12-14-32)20-9-8-19(29-30-20)21(33)28-15-16-5-3-4-10-27-16;1-28-17(27)14-6-7-15(23-22-14)24-8-10-25(11-9-24)16(26)12-4-2-3-5-13(12)18(19,20)21/h1-10H,11-15H2,(H,28,33);2-7H,8-11H2,1H3. The Morgan fingerprint density at radius 2 is 1.03 bits per heavy atom. The van der Waals surface area contributed by atoms with E-state index in [1.165, 1.54) is 59.4 Å². The van der Waals surface area contributed by atoms with E-state index in [0.717, 1.165) is 12.1 Å². The highest BCUT2D eigenvalue weighted by molar-refractivity contribution is 5.97. The zero-order valence-electron chi connectivity index (χ0n) is 32.9. The number of nitrogens with zero attached hydrogens (tertiary/aromatic N) is 9. The van der Waals surface area contributed by atoms with Gasteiger partial charge in [-0.2, -0.15) is 26.3 Å². The number of anilines is 2. The van der Waals surface area contributed by atoms with E-state index in [0.29, 0.717) is 43.5 Å². The number of carbonyl (C=O) groups excluding carboxylic acids is 4. The molecule has 2 aliphatic rings. The smallest absolute Gasteiger partial charge is 0.417 e. The molecule has 0 aliphatic carbocycles. The van der Waals surface area contributed by atoms with Gasteiger partial charge >= 0.3 is 18.3 Å². The van der Waals surface area contributed by atoms with Crippen molar-refractivity contribution >= 4 is 35.3 Å². The molecule has 2 aliphatic heterocycles. The Hall–Kier alpha value is -7.19. The van der Waals surface area contributed by atoms with Gasteiger partial charge in [-0.1, -0.05) is 30.3 Å². The Bertz CT molecular complexity index is 2340. The molecule has 2 fully saturated rings. The summed E-state index contributed by atoms with van der Waals surface area (Å²) in [6.45, 7) is 2.73. The van der Waals surface area contributed by atoms with Crippen LogP contribution in [-0.2, 0) is 23.6 Å². The van der Waals surface area contributed by atoms with Crippen LogP contribution in [0.5, 0.6) is 0 Å². The van der Waals surface area contributed by atoms with E-state index in [2.05, 4.69) is 35.4 Å². The minimum atomic E-state index is -4.60. The Kier molecular flexibility index (Phi) is 13.9. The molecule has 0 radical (unpaired) electrons. The van der Waals surface area contributed by atoms with Crippen LogP contribution in [0.1, 0.15) is 58.5 Å². The molecule has 0 bridgehead atoms. The maximum absolute atomic E-state index is 13.3. The number of piperazine rings is 2. The predicted octanol–water partition coefficient (Wildman–Crippen LogP) is 5.03. The second-order valence-corrected chi connectivity index (χ2v) is 13.7. The molecule has 0 saturated carbocycles. The van der Waals surface area contributed by atoms with Gasteiger partial charge in [0.2, 0.25) is 0 Å². The highest BCUT2D eigenvalue weighted by atomic mass is 19.4. The van der Waals surface area contributed by atoms with Crippen LogP contribution in [0.3, 0.4) is 0 Å². The number of halogens is 6. The van der Waals surface area contributed by atoms with Crippen LogP contribution in [0.2, 0.25) is 0 Å². The van der Waals surface area contributed by atoms with Crippen molar-refractivity contribution in [2.45, 2.75) is 18.9 Å². The highest BCUT2D eigenvalue weighted by Gasteiger charge is 2.38. The van der Waals surface area contributed by atoms with Crippen LogP contribution in [-0.4, -0.2) is 118 Å². The van der Waals surface area contributed by atoms with Crippen molar-refractivity contribution in [2.75, 3.05) is 69.3 Å². The summed E-state index contributed by atoms with van der Waals surface area (Å²) in [4.78, 5) is 59.6. The number of hydrogen-bond donors (Lipinski definition) is 1. The summed E-state index contributed by atoms with van der Waals surface area (Å²) in [7, 11) is 1.24. The molecule has 7 rings (SSSR count). The summed E-state index contributed by atoms with van der Waals surface area (Å²) in [5.74, 6) is -1.26. The first-order valence-electron chi connectivity index (χ1n) is 19.0. The van der Waals surface area contributed by atoms with Gasteiger partial charge in [-0.15, -0.1) is 20.4 Å². The maximum Gasteiger partial charge on any atom is 0.417 e. The van der Waals surface area contributed by atoms with Gasteiger partial charge in [0.25, 0.3) is 17.7 Å². The summed E-state index contributed by atoms with van der Waals surface area (Å²) in [6, 6.07) is 21.2. The van der Waals surface area contributed by atoms with Crippen molar-refractivity contribution in [1.29, 1.82) is 0 Å². The third kappa shape index (κ3) is 10.9. The lowest BCUT2D eigenvalue weighted by Crippen LogP contribution is -2.49. The number of ether oxygens (including phenoxy) is 1. The number of benzene rings is 2. The molecule has 5 aromatic rings. The third-order valence-corrected chi connectivity index (χ3v) is 9.79. The van der Waals surface area contributed by atoms with Crippen LogP contribution in [0.15, 0.2) is 97.2 Å². The van der Waals surface area contributed by atoms with E-state index in [9.17, 15) is 45.5 Å². The van der Waals surface area contributed by atoms with Crippen molar-refractivity contribution in [3.8, 4) is 0 Å². The van der Waals surface area contributed by atoms with E-state index in [4.69, 9.17) is 0 Å². The number of hydrogen-bond acceptors (Lipinski definition) is 12. The van der Waals surface area contributed by atoms with Crippen molar-refractivity contribution in [2.24, 2.45) is 0 Å². The molecule has 5 heterocycles. The number of pyridine rings is 1. The summed E-state index contributed by atoms with van der Waals surface area (Å²) in [5.41, 5.74) is -1.65. The summed E-state index contributed by atoms with van der Waals surface area (Å²) in [5, 5.41) is 18.6. The lowest BCUT2D eigenvalue weighted by atomic mass is 10.1. The zero-order chi connectivity index (χ0) is 44.4. The molecule has 2 saturated heterocycles. The van der Waals surface area contributed by atoms with Gasteiger partial charge in [0.1, 0.15) is 0 Å². The van der Waals surface area contributed by atoms with Crippen molar-refractivity contribution in [3.63, 3.8) is 0 Å². The number of esters is 1. The summed E-state index contributed by atoms with van der Waals surface area (Å²) >= 11 is 0. The van der Waals surface area contributed by atoms with Crippen LogP contribution in [0.4, 0.5) is 38.0 Å². The average molecular weight is 865 g/mol. The fourth-order valence-electron chi connectivity index (χ4n) is 6.54. The number of amides is 3. The van der Waals surface area contributed by atoms with Gasteiger partial charge in [-0.05, 0) is 60.7 Å². The molecule has 3 amide bonds. The predicted molar refractivity (Wildman–Crippen MR) is 210 cm³/mol. The Morgan fingerprint density at radius 1 is 0.581 bits per heavy atom. The number of alkyl halides is 6. The second-order valence-electron chi connectivity index (χ2n) is 13.7. The van der Waals surface area contributed by atoms with Crippen LogP contribution >= 0.6 is 0 Å². The Morgan fingerprint density at radius 3 is 1.44 bits per heavy atom. The van der Waals surface area contributed by atoms with E-state index in [1.807, 2.05) is 15.9 Å². The minimum absolute atomic E-state index is 0.0730. The number of rotatable bonds is 8. The first-order chi connectivity index (χ1) is 29.6. The zero-order valence-corrected chi connectivity index (χ0v) is 32.9. The molecule has 0 unspecified atom stereocenters. The van der Waals surface area contributed by atoms with E-state index in [-0.39, 0.29) is 61.1 Å². The molecular weight excluding hydrogens is 827 g/mol. The van der Waals surface area contributed by atoms with Crippen LogP contribution < -0.4 is 15.1 Å². The lowest BCUT2D eigenvalue weighted by Gasteiger charge is -2.35. The third-order valence-electron chi connectivity index (χ3n) is 9.79. The first-order valence-corrected chi connectivity index (χ1v) is 19.0. The molecular formula is C41H38F6N10O5. The quantitative estimate of drug-likeness (QED) is 0.164. The molecule has 3 aromatic heterocycles. The summed E-state index contributed by atoms with van der Waals surface area (Å²) < 4.78 is 83.8. The molecule has 15 nitrogen and oxygen atoms in total. The van der Waals surface area contributed by atoms with Crippen LogP contribution in [0, 0.1) is 0 Å². The van der Waals surface area contributed by atoms with Crippen LogP contribution in [0.25, 0.3) is 0 Å². The number of carbonyl (C=O) groups is 4. The molecule has 2 aromatic carbocycles. The van der Waals surface area contributed by atoms with Crippen molar-refractivity contribution < 1.29 is 50.3 Å². The molecule has 21 heteroatoms. The normalized spacial score (nSPS) is 14.4. The molecule has 0 spiro atoms. The topological polar surface area (TPSA) is 167 Å². The fourth-order valence-corrected chi connectivity index (χ4v) is 6.54. The first kappa shape index (κ1) is 44.4.